The van der Waals surface area contributed by atoms with Gasteiger partial charge in [0.2, 0.25) is 11.6 Å². The van der Waals surface area contributed by atoms with Crippen molar-refractivity contribution in [3.63, 3.8) is 0 Å². The molecule has 0 radical (unpaired) electrons. The lowest BCUT2D eigenvalue weighted by Gasteiger charge is -2.02. The van der Waals surface area contributed by atoms with Crippen LogP contribution >= 0.6 is 11.6 Å². The van der Waals surface area contributed by atoms with Gasteiger partial charge in [-0.25, -0.2) is 0 Å². The molecule has 0 aliphatic rings. The SMILES string of the molecule is N#Cc1oc2ccccc2c1Oc1cncc(Cl)n1. The van der Waals surface area contributed by atoms with E-state index in [9.17, 15) is 0 Å². The number of aromatic nitrogens is 2. The molecule has 6 heteroatoms. The molecule has 92 valence electrons. The summed E-state index contributed by atoms with van der Waals surface area (Å²) < 4.78 is 10.9. The molecule has 0 unspecified atom stereocenters. The molecule has 2 aromatic heterocycles. The molecule has 19 heavy (non-hydrogen) atoms. The van der Waals surface area contributed by atoms with Crippen LogP contribution in [-0.4, -0.2) is 9.97 Å². The van der Waals surface area contributed by atoms with Gasteiger partial charge in [-0.05, 0) is 12.1 Å². The second-order valence-electron chi connectivity index (χ2n) is 3.65. The van der Waals surface area contributed by atoms with Crippen LogP contribution in [0.5, 0.6) is 11.6 Å². The molecule has 0 atom stereocenters. The summed E-state index contributed by atoms with van der Waals surface area (Å²) in [5.74, 6) is 0.605. The lowest BCUT2D eigenvalue weighted by molar-refractivity contribution is 0.448. The van der Waals surface area contributed by atoms with Crippen LogP contribution in [0.3, 0.4) is 0 Å². The maximum atomic E-state index is 9.07. The number of nitriles is 1. The fourth-order valence-corrected chi connectivity index (χ4v) is 1.82. The standard InChI is InChI=1S/C13H6ClN3O2/c14-11-6-16-7-12(17-11)19-13-8-3-1-2-4-9(8)18-10(13)5-15/h1-4,6-7H. The summed E-state index contributed by atoms with van der Waals surface area (Å²) in [6.45, 7) is 0. The van der Waals surface area contributed by atoms with Gasteiger partial charge in [0.1, 0.15) is 11.7 Å². The Bertz CT molecular complexity index is 792. The Hall–Kier alpha value is -2.58. The van der Waals surface area contributed by atoms with E-state index in [0.29, 0.717) is 16.7 Å². The fraction of sp³-hybridized carbons (Fsp3) is 0. The first kappa shape index (κ1) is 11.5. The second kappa shape index (κ2) is 4.59. The highest BCUT2D eigenvalue weighted by molar-refractivity contribution is 6.29. The van der Waals surface area contributed by atoms with E-state index in [2.05, 4.69) is 9.97 Å². The van der Waals surface area contributed by atoms with Gasteiger partial charge in [-0.3, -0.25) is 4.98 Å². The van der Waals surface area contributed by atoms with E-state index in [1.807, 2.05) is 18.2 Å². The Morgan fingerprint density at radius 3 is 2.89 bits per heavy atom. The Morgan fingerprint density at radius 2 is 2.11 bits per heavy atom. The molecular weight excluding hydrogens is 266 g/mol. The molecule has 0 spiro atoms. The molecule has 3 aromatic rings. The first-order valence-corrected chi connectivity index (χ1v) is 5.73. The topological polar surface area (TPSA) is 71.9 Å². The minimum absolute atomic E-state index is 0.0861. The first-order chi connectivity index (χ1) is 9.28. The summed E-state index contributed by atoms with van der Waals surface area (Å²) in [6, 6.07) is 9.15. The van der Waals surface area contributed by atoms with E-state index in [0.717, 1.165) is 0 Å². The van der Waals surface area contributed by atoms with E-state index >= 15 is 0 Å². The normalized spacial score (nSPS) is 10.3. The number of nitrogens with zero attached hydrogens (tertiary/aromatic N) is 3. The van der Waals surface area contributed by atoms with Crippen molar-refractivity contribution in [2.45, 2.75) is 0 Å². The van der Waals surface area contributed by atoms with Gasteiger partial charge < -0.3 is 9.15 Å². The summed E-state index contributed by atoms with van der Waals surface area (Å²) in [4.78, 5) is 7.83. The van der Waals surface area contributed by atoms with Crippen LogP contribution in [0.4, 0.5) is 0 Å². The summed E-state index contributed by atoms with van der Waals surface area (Å²) in [6.07, 6.45) is 2.81. The van der Waals surface area contributed by atoms with Gasteiger partial charge in [-0.15, -0.1) is 0 Å². The molecule has 0 saturated heterocycles. The molecule has 2 heterocycles. The number of ether oxygens (including phenoxy) is 1. The average Bonchev–Trinajstić information content (AvgIpc) is 2.77. The largest absolute Gasteiger partial charge is 0.442 e. The van der Waals surface area contributed by atoms with Gasteiger partial charge in [-0.1, -0.05) is 23.7 Å². The molecule has 0 aliphatic heterocycles. The molecule has 0 bridgehead atoms. The van der Waals surface area contributed by atoms with E-state index in [1.165, 1.54) is 12.4 Å². The zero-order valence-corrected chi connectivity index (χ0v) is 10.3. The number of halogens is 1. The summed E-state index contributed by atoms with van der Waals surface area (Å²) >= 11 is 5.73. The van der Waals surface area contributed by atoms with Crippen molar-refractivity contribution >= 4 is 22.6 Å². The van der Waals surface area contributed by atoms with Gasteiger partial charge >= 0.3 is 0 Å². The highest BCUT2D eigenvalue weighted by atomic mass is 35.5. The van der Waals surface area contributed by atoms with E-state index in [4.69, 9.17) is 26.0 Å². The monoisotopic (exact) mass is 271 g/mol. The predicted molar refractivity (Wildman–Crippen MR) is 68.0 cm³/mol. The third-order valence-corrected chi connectivity index (χ3v) is 2.62. The average molecular weight is 272 g/mol. The van der Waals surface area contributed by atoms with Crippen molar-refractivity contribution in [2.24, 2.45) is 0 Å². The van der Waals surface area contributed by atoms with Gasteiger partial charge in [0, 0.05) is 0 Å². The summed E-state index contributed by atoms with van der Waals surface area (Å²) in [5.41, 5.74) is 0.573. The lowest BCUT2D eigenvalue weighted by Crippen LogP contribution is -1.90. The maximum Gasteiger partial charge on any atom is 0.247 e. The zero-order chi connectivity index (χ0) is 13.2. The molecule has 3 rings (SSSR count). The zero-order valence-electron chi connectivity index (χ0n) is 9.50. The van der Waals surface area contributed by atoms with Crippen LogP contribution in [0, 0.1) is 11.3 Å². The van der Waals surface area contributed by atoms with E-state index in [-0.39, 0.29) is 16.8 Å². The van der Waals surface area contributed by atoms with Crippen LogP contribution in [0.2, 0.25) is 5.15 Å². The molecular formula is C13H6ClN3O2. The van der Waals surface area contributed by atoms with Crippen LogP contribution in [0.25, 0.3) is 11.0 Å². The number of para-hydroxylation sites is 1. The Morgan fingerprint density at radius 1 is 1.26 bits per heavy atom. The second-order valence-corrected chi connectivity index (χ2v) is 4.04. The lowest BCUT2D eigenvalue weighted by atomic mass is 10.2. The molecule has 0 aliphatic carbocycles. The van der Waals surface area contributed by atoms with Crippen molar-refractivity contribution in [1.29, 1.82) is 5.26 Å². The molecule has 0 N–H and O–H groups in total. The molecule has 0 amide bonds. The number of benzene rings is 1. The van der Waals surface area contributed by atoms with Crippen molar-refractivity contribution in [2.75, 3.05) is 0 Å². The number of hydrogen-bond acceptors (Lipinski definition) is 5. The van der Waals surface area contributed by atoms with Crippen LogP contribution in [0.1, 0.15) is 5.76 Å². The third-order valence-electron chi connectivity index (χ3n) is 2.44. The minimum Gasteiger partial charge on any atom is -0.442 e. The fourth-order valence-electron chi connectivity index (χ4n) is 1.68. The summed E-state index contributed by atoms with van der Waals surface area (Å²) in [5, 5.41) is 9.97. The van der Waals surface area contributed by atoms with Crippen molar-refractivity contribution in [1.82, 2.24) is 9.97 Å². The maximum absolute atomic E-state index is 9.07. The quantitative estimate of drug-likeness (QED) is 0.713. The highest BCUT2D eigenvalue weighted by Crippen LogP contribution is 2.35. The van der Waals surface area contributed by atoms with Crippen molar-refractivity contribution < 1.29 is 9.15 Å². The van der Waals surface area contributed by atoms with Gasteiger partial charge in [-0.2, -0.15) is 10.2 Å². The van der Waals surface area contributed by atoms with Crippen molar-refractivity contribution in [3.8, 4) is 17.7 Å². The van der Waals surface area contributed by atoms with Crippen LogP contribution in [-0.2, 0) is 0 Å². The molecule has 0 saturated carbocycles. The van der Waals surface area contributed by atoms with E-state index in [1.54, 1.807) is 12.1 Å². The number of furan rings is 1. The number of hydrogen-bond donors (Lipinski definition) is 0. The van der Waals surface area contributed by atoms with Crippen LogP contribution in [0.15, 0.2) is 41.1 Å². The Kier molecular flexibility index (Phi) is 2.78. The smallest absolute Gasteiger partial charge is 0.247 e. The first-order valence-electron chi connectivity index (χ1n) is 5.35. The van der Waals surface area contributed by atoms with Crippen LogP contribution < -0.4 is 4.74 Å². The van der Waals surface area contributed by atoms with Gasteiger partial charge in [0.05, 0.1) is 17.8 Å². The molecule has 5 nitrogen and oxygen atoms in total. The van der Waals surface area contributed by atoms with Gasteiger partial charge in [0.15, 0.2) is 10.9 Å². The molecule has 1 aromatic carbocycles. The summed E-state index contributed by atoms with van der Waals surface area (Å²) in [7, 11) is 0. The Balaban J connectivity index is 2.12. The van der Waals surface area contributed by atoms with Gasteiger partial charge in [0.25, 0.3) is 0 Å². The predicted octanol–water partition coefficient (Wildman–Crippen LogP) is 3.54. The third kappa shape index (κ3) is 2.09. The highest BCUT2D eigenvalue weighted by Gasteiger charge is 2.16. The molecule has 0 fully saturated rings. The van der Waals surface area contributed by atoms with E-state index < -0.39 is 0 Å². The number of rotatable bonds is 2. The van der Waals surface area contributed by atoms with Crippen molar-refractivity contribution in [3.05, 3.63) is 47.6 Å². The Labute approximate surface area is 113 Å². The number of fused-ring (bicyclic) bond motifs is 1. The minimum atomic E-state index is 0.0861.